The van der Waals surface area contributed by atoms with Gasteiger partial charge in [-0.3, -0.25) is 0 Å². The average molecular weight is 325 g/mol. The molecule has 3 rings (SSSR count). The third-order valence-electron chi connectivity index (χ3n) is 4.51. The second kappa shape index (κ2) is 7.60. The van der Waals surface area contributed by atoms with Gasteiger partial charge in [-0.2, -0.15) is 0 Å². The number of rotatable bonds is 5. The van der Waals surface area contributed by atoms with E-state index in [1.54, 1.807) is 48.5 Å². The van der Waals surface area contributed by atoms with Crippen LogP contribution in [0.4, 0.5) is 0 Å². The molecular weight excluding hydrogens is 302 g/mol. The summed E-state index contributed by atoms with van der Waals surface area (Å²) in [5, 5.41) is 14.6. The quantitative estimate of drug-likeness (QED) is 0.830. The van der Waals surface area contributed by atoms with Crippen molar-refractivity contribution in [2.24, 2.45) is 0 Å². The highest BCUT2D eigenvalue weighted by atomic mass is 16.5. The number of benzene rings is 2. The molecule has 2 N–H and O–H groups in total. The topological polar surface area (TPSA) is 58.6 Å². The molecule has 2 aromatic rings. The first-order chi connectivity index (χ1) is 11.7. The number of piperidine rings is 1. The Morgan fingerprint density at radius 3 is 2.12 bits per heavy atom. The fourth-order valence-corrected chi connectivity index (χ4v) is 3.11. The summed E-state index contributed by atoms with van der Waals surface area (Å²) in [5.74, 6) is -0.632. The van der Waals surface area contributed by atoms with Gasteiger partial charge in [-0.15, -0.1) is 0 Å². The van der Waals surface area contributed by atoms with E-state index >= 15 is 0 Å². The van der Waals surface area contributed by atoms with E-state index in [0.717, 1.165) is 25.8 Å². The van der Waals surface area contributed by atoms with Gasteiger partial charge in [0, 0.05) is 6.04 Å². The summed E-state index contributed by atoms with van der Waals surface area (Å²) in [6, 6.07) is 18.1. The van der Waals surface area contributed by atoms with Crippen LogP contribution in [-0.4, -0.2) is 30.3 Å². The van der Waals surface area contributed by atoms with Crippen LogP contribution in [0.1, 0.15) is 30.4 Å². The summed E-state index contributed by atoms with van der Waals surface area (Å²) in [6.07, 6.45) is 3.28. The largest absolute Gasteiger partial charge is 0.461 e. The molecule has 24 heavy (non-hydrogen) atoms. The molecule has 1 fully saturated rings. The van der Waals surface area contributed by atoms with Gasteiger partial charge >= 0.3 is 5.97 Å². The van der Waals surface area contributed by atoms with Crippen molar-refractivity contribution < 1.29 is 14.6 Å². The minimum absolute atomic E-state index is 0.165. The van der Waals surface area contributed by atoms with Crippen molar-refractivity contribution in [2.45, 2.75) is 30.9 Å². The Labute approximate surface area is 142 Å². The molecule has 0 aliphatic carbocycles. The van der Waals surface area contributed by atoms with Crippen LogP contribution in [-0.2, 0) is 15.1 Å². The molecule has 4 heteroatoms. The summed E-state index contributed by atoms with van der Waals surface area (Å²) in [4.78, 5) is 12.8. The molecule has 1 heterocycles. The highest BCUT2D eigenvalue weighted by molar-refractivity contribution is 5.85. The van der Waals surface area contributed by atoms with Crippen LogP contribution in [0, 0.1) is 0 Å². The SMILES string of the molecule is O=C(OC[C@H]1CCCCN1)C(O)(c1ccccc1)c1ccccc1. The summed E-state index contributed by atoms with van der Waals surface area (Å²) < 4.78 is 5.50. The summed E-state index contributed by atoms with van der Waals surface area (Å²) in [7, 11) is 0. The molecule has 0 amide bonds. The first kappa shape index (κ1) is 16.7. The molecule has 0 spiro atoms. The van der Waals surface area contributed by atoms with E-state index in [2.05, 4.69) is 5.32 Å². The molecular formula is C20H23NO3. The number of aliphatic hydroxyl groups is 1. The van der Waals surface area contributed by atoms with Crippen molar-refractivity contribution in [3.63, 3.8) is 0 Å². The van der Waals surface area contributed by atoms with Crippen molar-refractivity contribution >= 4 is 5.97 Å². The van der Waals surface area contributed by atoms with Gasteiger partial charge in [-0.25, -0.2) is 4.79 Å². The van der Waals surface area contributed by atoms with Crippen molar-refractivity contribution in [1.82, 2.24) is 5.32 Å². The smallest absolute Gasteiger partial charge is 0.347 e. The molecule has 2 aromatic carbocycles. The van der Waals surface area contributed by atoms with E-state index in [0.29, 0.717) is 11.1 Å². The molecule has 1 aliphatic rings. The van der Waals surface area contributed by atoms with E-state index < -0.39 is 11.6 Å². The first-order valence-electron chi connectivity index (χ1n) is 8.45. The third-order valence-corrected chi connectivity index (χ3v) is 4.51. The molecule has 0 radical (unpaired) electrons. The van der Waals surface area contributed by atoms with E-state index in [-0.39, 0.29) is 12.6 Å². The van der Waals surface area contributed by atoms with Gasteiger partial charge in [0.15, 0.2) is 0 Å². The number of nitrogens with one attached hydrogen (secondary N) is 1. The zero-order chi connectivity index (χ0) is 16.8. The fraction of sp³-hybridized carbons (Fsp3) is 0.350. The van der Waals surface area contributed by atoms with Gasteiger partial charge in [0.05, 0.1) is 0 Å². The summed E-state index contributed by atoms with van der Waals surface area (Å²) in [6.45, 7) is 1.23. The Hall–Kier alpha value is -2.17. The first-order valence-corrected chi connectivity index (χ1v) is 8.45. The number of esters is 1. The van der Waals surface area contributed by atoms with Crippen molar-refractivity contribution in [3.05, 3.63) is 71.8 Å². The Morgan fingerprint density at radius 1 is 1.04 bits per heavy atom. The zero-order valence-electron chi connectivity index (χ0n) is 13.7. The number of ether oxygens (including phenoxy) is 1. The molecule has 0 saturated carbocycles. The lowest BCUT2D eigenvalue weighted by molar-refractivity contribution is -0.163. The van der Waals surface area contributed by atoms with Crippen LogP contribution in [0.15, 0.2) is 60.7 Å². The Bertz CT molecular complexity index is 612. The molecule has 1 atom stereocenters. The van der Waals surface area contributed by atoms with Crippen LogP contribution in [0.3, 0.4) is 0 Å². The predicted octanol–water partition coefficient (Wildman–Crippen LogP) is 2.61. The maximum Gasteiger partial charge on any atom is 0.347 e. The molecule has 126 valence electrons. The molecule has 1 saturated heterocycles. The Balaban J connectivity index is 1.83. The van der Waals surface area contributed by atoms with Crippen molar-refractivity contribution in [3.8, 4) is 0 Å². The lowest BCUT2D eigenvalue weighted by atomic mass is 9.86. The lowest BCUT2D eigenvalue weighted by Gasteiger charge is -2.29. The van der Waals surface area contributed by atoms with Gasteiger partial charge in [0.25, 0.3) is 0 Å². The Kier molecular flexibility index (Phi) is 5.28. The van der Waals surface area contributed by atoms with Gasteiger partial charge in [0.1, 0.15) is 6.61 Å². The fourth-order valence-electron chi connectivity index (χ4n) is 3.11. The minimum Gasteiger partial charge on any atom is -0.461 e. The Morgan fingerprint density at radius 2 is 1.62 bits per heavy atom. The van der Waals surface area contributed by atoms with Crippen molar-refractivity contribution in [2.75, 3.05) is 13.2 Å². The van der Waals surface area contributed by atoms with Gasteiger partial charge < -0.3 is 15.2 Å². The second-order valence-corrected chi connectivity index (χ2v) is 6.19. The predicted molar refractivity (Wildman–Crippen MR) is 92.5 cm³/mol. The monoisotopic (exact) mass is 325 g/mol. The maximum atomic E-state index is 12.8. The molecule has 0 aromatic heterocycles. The van der Waals surface area contributed by atoms with E-state index in [4.69, 9.17) is 4.74 Å². The summed E-state index contributed by atoms with van der Waals surface area (Å²) >= 11 is 0. The van der Waals surface area contributed by atoms with Crippen LogP contribution in [0.5, 0.6) is 0 Å². The highest BCUT2D eigenvalue weighted by Crippen LogP contribution is 2.31. The second-order valence-electron chi connectivity index (χ2n) is 6.19. The molecule has 1 aliphatic heterocycles. The number of carbonyl (C=O) groups excluding carboxylic acids is 1. The maximum absolute atomic E-state index is 12.8. The number of hydrogen-bond donors (Lipinski definition) is 2. The van der Waals surface area contributed by atoms with E-state index in [9.17, 15) is 9.90 Å². The van der Waals surface area contributed by atoms with Crippen LogP contribution >= 0.6 is 0 Å². The zero-order valence-corrected chi connectivity index (χ0v) is 13.7. The summed E-state index contributed by atoms with van der Waals surface area (Å²) in [5.41, 5.74) is -0.771. The van der Waals surface area contributed by atoms with Crippen LogP contribution in [0.2, 0.25) is 0 Å². The van der Waals surface area contributed by atoms with Crippen molar-refractivity contribution in [1.29, 1.82) is 0 Å². The standard InChI is InChI=1S/C20H23NO3/c22-19(24-15-18-13-7-8-14-21-18)20(23,16-9-3-1-4-10-16)17-11-5-2-6-12-17/h1-6,9-12,18,21,23H,7-8,13-15H2/t18-/m1/s1. The minimum atomic E-state index is -1.79. The molecule has 0 bridgehead atoms. The highest BCUT2D eigenvalue weighted by Gasteiger charge is 2.41. The van der Waals surface area contributed by atoms with Gasteiger partial charge in [-0.05, 0) is 30.5 Å². The van der Waals surface area contributed by atoms with Crippen LogP contribution in [0.25, 0.3) is 0 Å². The third kappa shape index (κ3) is 3.50. The average Bonchev–Trinajstić information content (AvgIpc) is 2.67. The number of hydrogen-bond acceptors (Lipinski definition) is 4. The van der Waals surface area contributed by atoms with E-state index in [1.165, 1.54) is 0 Å². The normalized spacial score (nSPS) is 18.1. The lowest BCUT2D eigenvalue weighted by Crippen LogP contribution is -2.43. The van der Waals surface area contributed by atoms with Gasteiger partial charge in [-0.1, -0.05) is 67.1 Å². The van der Waals surface area contributed by atoms with Crippen LogP contribution < -0.4 is 5.32 Å². The molecule has 4 nitrogen and oxygen atoms in total. The molecule has 0 unspecified atom stereocenters. The van der Waals surface area contributed by atoms with Gasteiger partial charge in [0.2, 0.25) is 5.60 Å². The van der Waals surface area contributed by atoms with E-state index in [1.807, 2.05) is 12.1 Å². The number of carbonyl (C=O) groups is 1.